The maximum atomic E-state index is 10.2. The monoisotopic (exact) mass is 493 g/mol. The maximum Gasteiger partial charge on any atom is 0.250 e. The van der Waals surface area contributed by atoms with Crippen LogP contribution in [0.15, 0.2) is 21.7 Å². The third-order valence-electron chi connectivity index (χ3n) is 5.32. The number of hydrogen-bond donors (Lipinski definition) is 2. The predicted molar refractivity (Wildman–Crippen MR) is 124 cm³/mol. The molecule has 2 aliphatic heterocycles. The van der Waals surface area contributed by atoms with E-state index in [1.165, 1.54) is 19.1 Å². The third kappa shape index (κ3) is 5.13. The summed E-state index contributed by atoms with van der Waals surface area (Å²) >= 11 is 9.34. The Morgan fingerprint density at radius 1 is 0.933 bits per heavy atom. The molecule has 2 N–H and O–H groups in total. The normalized spacial score (nSPS) is 17.5. The van der Waals surface area contributed by atoms with E-state index in [2.05, 4.69) is 46.2 Å². The molecule has 2 saturated heterocycles. The number of halogens is 2. The van der Waals surface area contributed by atoms with Gasteiger partial charge in [-0.15, -0.1) is 0 Å². The van der Waals surface area contributed by atoms with Crippen LogP contribution in [-0.2, 0) is 0 Å². The first-order valence-corrected chi connectivity index (χ1v) is 11.5. The fourth-order valence-corrected chi connectivity index (χ4v) is 4.55. The van der Waals surface area contributed by atoms with Crippen LogP contribution in [0.5, 0.6) is 5.75 Å². The first kappa shape index (κ1) is 21.1. The van der Waals surface area contributed by atoms with Crippen molar-refractivity contribution in [1.29, 1.82) is 0 Å². The van der Waals surface area contributed by atoms with Crippen LogP contribution in [0.2, 0.25) is 5.02 Å². The molecule has 2 aromatic rings. The van der Waals surface area contributed by atoms with Gasteiger partial charge >= 0.3 is 0 Å². The number of aromatic hydroxyl groups is 1. The van der Waals surface area contributed by atoms with E-state index in [0.29, 0.717) is 32.9 Å². The molecule has 4 rings (SSSR count). The molecule has 3 heterocycles. The highest BCUT2D eigenvalue weighted by Crippen LogP contribution is 2.30. The molecular formula is C20H25BrClN7O. The molecule has 2 aliphatic rings. The second-order valence-electron chi connectivity index (χ2n) is 7.55. The second-order valence-corrected chi connectivity index (χ2v) is 8.84. The van der Waals surface area contributed by atoms with Gasteiger partial charge in [-0.1, -0.05) is 11.6 Å². The van der Waals surface area contributed by atoms with Crippen molar-refractivity contribution in [2.75, 3.05) is 41.4 Å². The number of benzene rings is 1. The molecule has 1 aromatic carbocycles. The van der Waals surface area contributed by atoms with Crippen LogP contribution in [0.25, 0.3) is 0 Å². The Bertz CT molecular complexity index is 878. The SMILES string of the molecule is Oc1c(Br)cc(Cl)cc1/C=N/Nc1nc(N2CCCCC2)nc(N2CCCCC2)n1. The number of nitrogens with one attached hydrogen (secondary N) is 1. The van der Waals surface area contributed by atoms with Gasteiger partial charge in [0.1, 0.15) is 5.75 Å². The number of piperidine rings is 2. The summed E-state index contributed by atoms with van der Waals surface area (Å²) in [7, 11) is 0. The van der Waals surface area contributed by atoms with E-state index in [1.54, 1.807) is 12.1 Å². The van der Waals surface area contributed by atoms with Crippen LogP contribution in [0.1, 0.15) is 44.1 Å². The van der Waals surface area contributed by atoms with Crippen LogP contribution < -0.4 is 15.2 Å². The molecule has 0 spiro atoms. The van der Waals surface area contributed by atoms with Crippen molar-refractivity contribution in [1.82, 2.24) is 15.0 Å². The molecule has 0 bridgehead atoms. The van der Waals surface area contributed by atoms with Gasteiger partial charge in [-0.2, -0.15) is 20.1 Å². The number of nitrogens with zero attached hydrogens (tertiary/aromatic N) is 6. The molecule has 0 unspecified atom stereocenters. The molecule has 1 aromatic heterocycles. The number of hydrogen-bond acceptors (Lipinski definition) is 8. The van der Waals surface area contributed by atoms with Gasteiger partial charge in [0, 0.05) is 36.8 Å². The van der Waals surface area contributed by atoms with Crippen LogP contribution in [0.3, 0.4) is 0 Å². The number of anilines is 3. The number of hydrazone groups is 1. The zero-order valence-electron chi connectivity index (χ0n) is 16.7. The smallest absolute Gasteiger partial charge is 0.250 e. The number of rotatable bonds is 5. The van der Waals surface area contributed by atoms with Gasteiger partial charge in [0.25, 0.3) is 0 Å². The topological polar surface area (TPSA) is 89.8 Å². The van der Waals surface area contributed by atoms with Crippen molar-refractivity contribution in [3.05, 3.63) is 27.2 Å². The highest BCUT2D eigenvalue weighted by Gasteiger charge is 2.20. The largest absolute Gasteiger partial charge is 0.506 e. The van der Waals surface area contributed by atoms with E-state index < -0.39 is 0 Å². The Kier molecular flexibility index (Phi) is 6.89. The summed E-state index contributed by atoms with van der Waals surface area (Å²) in [5, 5.41) is 14.9. The highest BCUT2D eigenvalue weighted by molar-refractivity contribution is 9.10. The van der Waals surface area contributed by atoms with Gasteiger partial charge in [-0.25, -0.2) is 5.43 Å². The average molecular weight is 495 g/mol. The Labute approximate surface area is 189 Å². The van der Waals surface area contributed by atoms with Gasteiger partial charge in [-0.3, -0.25) is 0 Å². The van der Waals surface area contributed by atoms with Crippen LogP contribution in [0.4, 0.5) is 17.8 Å². The number of phenolic OH excluding ortho intramolecular Hbond substituents is 1. The summed E-state index contributed by atoms with van der Waals surface area (Å²) in [6, 6.07) is 3.27. The lowest BCUT2D eigenvalue weighted by atomic mass is 10.1. The van der Waals surface area contributed by atoms with E-state index in [1.807, 2.05) is 0 Å². The molecule has 0 amide bonds. The summed E-state index contributed by atoms with van der Waals surface area (Å²) in [5.41, 5.74) is 3.39. The quantitative estimate of drug-likeness (QED) is 0.470. The summed E-state index contributed by atoms with van der Waals surface area (Å²) in [6.45, 7) is 3.82. The fourth-order valence-electron chi connectivity index (χ4n) is 3.72. The summed E-state index contributed by atoms with van der Waals surface area (Å²) < 4.78 is 0.511. The van der Waals surface area contributed by atoms with Crippen molar-refractivity contribution in [3.63, 3.8) is 0 Å². The van der Waals surface area contributed by atoms with Crippen molar-refractivity contribution < 1.29 is 5.11 Å². The minimum absolute atomic E-state index is 0.0728. The van der Waals surface area contributed by atoms with Gasteiger partial charge in [0.2, 0.25) is 17.8 Å². The first-order valence-electron chi connectivity index (χ1n) is 10.3. The van der Waals surface area contributed by atoms with E-state index in [4.69, 9.17) is 16.6 Å². The molecule has 2 fully saturated rings. The van der Waals surface area contributed by atoms with Gasteiger partial charge in [-0.05, 0) is 66.6 Å². The Balaban J connectivity index is 1.58. The highest BCUT2D eigenvalue weighted by atomic mass is 79.9. The zero-order chi connectivity index (χ0) is 20.9. The maximum absolute atomic E-state index is 10.2. The van der Waals surface area contributed by atoms with Crippen molar-refractivity contribution in [2.45, 2.75) is 38.5 Å². The third-order valence-corrected chi connectivity index (χ3v) is 6.14. The molecule has 10 heteroatoms. The number of aromatic nitrogens is 3. The van der Waals surface area contributed by atoms with Gasteiger partial charge in [0.05, 0.1) is 10.7 Å². The van der Waals surface area contributed by atoms with Crippen molar-refractivity contribution in [2.24, 2.45) is 5.10 Å². The lowest BCUT2D eigenvalue weighted by Crippen LogP contribution is -2.34. The Morgan fingerprint density at radius 2 is 1.50 bits per heavy atom. The molecule has 8 nitrogen and oxygen atoms in total. The Morgan fingerprint density at radius 3 is 2.07 bits per heavy atom. The molecule has 160 valence electrons. The minimum Gasteiger partial charge on any atom is -0.506 e. The second kappa shape index (κ2) is 9.78. The Hall–Kier alpha value is -2.13. The predicted octanol–water partition coefficient (Wildman–Crippen LogP) is 4.42. The van der Waals surface area contributed by atoms with Crippen molar-refractivity contribution in [3.8, 4) is 5.75 Å². The average Bonchev–Trinajstić information content (AvgIpc) is 2.78. The van der Waals surface area contributed by atoms with Gasteiger partial charge < -0.3 is 14.9 Å². The summed E-state index contributed by atoms with van der Waals surface area (Å²) in [5.74, 6) is 1.85. The fraction of sp³-hybridized carbons (Fsp3) is 0.500. The standard InChI is InChI=1S/C20H25BrClN7O/c21-16-12-15(22)11-14(17(16)30)13-23-27-18-24-19(28-7-3-1-4-8-28)26-20(25-18)29-9-5-2-6-10-29/h11-13,30H,1-10H2,(H,24,25,26,27)/b23-13+. The van der Waals surface area contributed by atoms with E-state index in [0.717, 1.165) is 51.9 Å². The molecule has 0 saturated carbocycles. The molecule has 30 heavy (non-hydrogen) atoms. The molecule has 0 atom stereocenters. The zero-order valence-corrected chi connectivity index (χ0v) is 19.0. The molecular weight excluding hydrogens is 470 g/mol. The lowest BCUT2D eigenvalue weighted by Gasteiger charge is -2.30. The molecule has 0 aliphatic carbocycles. The van der Waals surface area contributed by atoms with Crippen LogP contribution >= 0.6 is 27.5 Å². The van der Waals surface area contributed by atoms with E-state index in [9.17, 15) is 5.11 Å². The minimum atomic E-state index is 0.0728. The van der Waals surface area contributed by atoms with Crippen molar-refractivity contribution >= 4 is 51.6 Å². The summed E-state index contributed by atoms with van der Waals surface area (Å²) in [6.07, 6.45) is 8.58. The summed E-state index contributed by atoms with van der Waals surface area (Å²) in [4.78, 5) is 18.4. The molecule has 0 radical (unpaired) electrons. The van der Waals surface area contributed by atoms with Gasteiger partial charge in [0.15, 0.2) is 0 Å². The lowest BCUT2D eigenvalue weighted by molar-refractivity contribution is 0.471. The van der Waals surface area contributed by atoms with E-state index >= 15 is 0 Å². The van der Waals surface area contributed by atoms with E-state index in [-0.39, 0.29) is 5.75 Å². The van der Waals surface area contributed by atoms with Crippen LogP contribution in [-0.4, -0.2) is 52.5 Å². The first-order chi connectivity index (χ1) is 14.6. The number of phenols is 1. The van der Waals surface area contributed by atoms with Crippen LogP contribution in [0, 0.1) is 0 Å².